The molecule has 4 aromatic rings. The smallest absolute Gasteiger partial charge is 0.263 e. The highest BCUT2D eigenvalue weighted by Gasteiger charge is 2.21. The monoisotopic (exact) mass is 426 g/mol. The van der Waals surface area contributed by atoms with Crippen molar-refractivity contribution in [1.29, 1.82) is 0 Å². The van der Waals surface area contributed by atoms with Gasteiger partial charge in [0.25, 0.3) is 5.56 Å². The van der Waals surface area contributed by atoms with E-state index in [1.165, 1.54) is 34.1 Å². The summed E-state index contributed by atoms with van der Waals surface area (Å²) in [5.41, 5.74) is 1.49. The summed E-state index contributed by atoms with van der Waals surface area (Å²) >= 11 is 3.08. The van der Waals surface area contributed by atoms with Crippen LogP contribution in [0.5, 0.6) is 0 Å². The zero-order valence-corrected chi connectivity index (χ0v) is 17.9. The second kappa shape index (κ2) is 7.65. The molecule has 3 heterocycles. The third kappa shape index (κ3) is 3.45. The molecule has 0 atom stereocenters. The zero-order valence-electron chi connectivity index (χ0n) is 16.3. The van der Waals surface area contributed by atoms with Crippen molar-refractivity contribution in [1.82, 2.24) is 9.55 Å². The van der Waals surface area contributed by atoms with Gasteiger partial charge in [0.15, 0.2) is 5.78 Å². The summed E-state index contributed by atoms with van der Waals surface area (Å²) in [7, 11) is 0. The van der Waals surface area contributed by atoms with Crippen LogP contribution in [0, 0.1) is 19.7 Å². The van der Waals surface area contributed by atoms with Gasteiger partial charge >= 0.3 is 0 Å². The Morgan fingerprint density at radius 1 is 1.24 bits per heavy atom. The number of halogens is 1. The van der Waals surface area contributed by atoms with Crippen molar-refractivity contribution < 1.29 is 9.18 Å². The van der Waals surface area contributed by atoms with E-state index in [-0.39, 0.29) is 23.7 Å². The number of benzene rings is 1. The first-order valence-electron chi connectivity index (χ1n) is 9.26. The number of ketones is 1. The van der Waals surface area contributed by atoms with Crippen molar-refractivity contribution in [3.63, 3.8) is 0 Å². The van der Waals surface area contributed by atoms with Crippen LogP contribution in [0.3, 0.4) is 0 Å². The molecule has 0 aliphatic rings. The van der Waals surface area contributed by atoms with Gasteiger partial charge in [0.05, 0.1) is 11.9 Å². The quantitative estimate of drug-likeness (QED) is 0.402. The molecule has 1 aromatic carbocycles. The summed E-state index contributed by atoms with van der Waals surface area (Å²) in [5.74, 6) is -0.0188. The molecule has 0 spiro atoms. The average Bonchev–Trinajstić information content (AvgIpc) is 3.32. The molecule has 0 aliphatic carbocycles. The highest BCUT2D eigenvalue weighted by Crippen LogP contribution is 2.38. The van der Waals surface area contributed by atoms with Crippen LogP contribution < -0.4 is 5.56 Å². The van der Waals surface area contributed by atoms with E-state index in [0.29, 0.717) is 33.6 Å². The Morgan fingerprint density at radius 2 is 2.03 bits per heavy atom. The first-order valence-corrected chi connectivity index (χ1v) is 11.0. The topological polar surface area (TPSA) is 52.0 Å². The molecule has 4 rings (SSSR count). The fourth-order valence-corrected chi connectivity index (χ4v) is 5.39. The van der Waals surface area contributed by atoms with Gasteiger partial charge in [-0.15, -0.1) is 22.7 Å². The number of aryl methyl sites for hydroxylation is 3. The van der Waals surface area contributed by atoms with Crippen LogP contribution in [0.4, 0.5) is 4.39 Å². The van der Waals surface area contributed by atoms with Crippen molar-refractivity contribution >= 4 is 38.7 Å². The first kappa shape index (κ1) is 19.7. The normalized spacial score (nSPS) is 11.3. The Hall–Kier alpha value is -2.64. The fraction of sp³-hybridized carbons (Fsp3) is 0.227. The number of Topliss-reactive ketones (excluding diaryl/α,β-unsaturated/α-hetero) is 1. The number of carbonyl (C=O) groups is 1. The Labute approximate surface area is 175 Å². The van der Waals surface area contributed by atoms with Crippen LogP contribution in [0.1, 0.15) is 33.5 Å². The molecular weight excluding hydrogens is 407 g/mol. The standard InChI is InChI=1S/C22H19FN2O2S2/c1-4-18-24-21-20(19(13(3)29-21)17-6-5-9-28-17)22(27)25(18)11-16(26)14-7-8-15(23)12(2)10-14/h5-10H,4,11H2,1-3H3. The van der Waals surface area contributed by atoms with Crippen molar-refractivity contribution in [2.75, 3.05) is 0 Å². The average molecular weight is 427 g/mol. The molecule has 7 heteroatoms. The van der Waals surface area contributed by atoms with Crippen LogP contribution in [0.15, 0.2) is 40.5 Å². The van der Waals surface area contributed by atoms with Crippen molar-refractivity contribution in [2.45, 2.75) is 33.7 Å². The number of aromatic nitrogens is 2. The number of hydrogen-bond donors (Lipinski definition) is 0. The Balaban J connectivity index is 1.86. The Bertz CT molecular complexity index is 1290. The maximum Gasteiger partial charge on any atom is 0.263 e. The molecular formula is C22H19FN2O2S2. The van der Waals surface area contributed by atoms with Crippen LogP contribution in [0.25, 0.3) is 20.7 Å². The zero-order chi connectivity index (χ0) is 20.7. The summed E-state index contributed by atoms with van der Waals surface area (Å²) < 4.78 is 15.0. The highest BCUT2D eigenvalue weighted by atomic mass is 32.1. The summed E-state index contributed by atoms with van der Waals surface area (Å²) in [6.45, 7) is 5.40. The molecule has 0 saturated heterocycles. The van der Waals surface area contributed by atoms with E-state index in [0.717, 1.165) is 15.3 Å². The predicted octanol–water partition coefficient (Wildman–Crippen LogP) is 5.39. The number of fused-ring (bicyclic) bond motifs is 1. The van der Waals surface area contributed by atoms with Gasteiger partial charge < -0.3 is 0 Å². The van der Waals surface area contributed by atoms with Gasteiger partial charge in [-0.2, -0.15) is 0 Å². The van der Waals surface area contributed by atoms with Crippen molar-refractivity contribution in [3.8, 4) is 10.4 Å². The Kier molecular flexibility index (Phi) is 5.19. The predicted molar refractivity (Wildman–Crippen MR) is 117 cm³/mol. The summed E-state index contributed by atoms with van der Waals surface area (Å²) in [5, 5.41) is 2.54. The second-order valence-electron chi connectivity index (χ2n) is 6.85. The fourth-order valence-electron chi connectivity index (χ4n) is 3.44. The van der Waals surface area contributed by atoms with Gasteiger partial charge in [-0.3, -0.25) is 14.2 Å². The van der Waals surface area contributed by atoms with Crippen LogP contribution in [-0.2, 0) is 13.0 Å². The number of carbonyl (C=O) groups excluding carboxylic acids is 1. The number of rotatable bonds is 5. The maximum absolute atomic E-state index is 13.6. The minimum absolute atomic E-state index is 0.116. The minimum Gasteiger partial charge on any atom is -0.292 e. The number of thiophene rings is 2. The molecule has 0 saturated carbocycles. The summed E-state index contributed by atoms with van der Waals surface area (Å²) in [6, 6.07) is 8.20. The van der Waals surface area contributed by atoms with E-state index >= 15 is 0 Å². The maximum atomic E-state index is 13.6. The largest absolute Gasteiger partial charge is 0.292 e. The number of nitrogens with zero attached hydrogens (tertiary/aromatic N) is 2. The van der Waals surface area contributed by atoms with Crippen LogP contribution in [-0.4, -0.2) is 15.3 Å². The van der Waals surface area contributed by atoms with Crippen molar-refractivity contribution in [3.05, 3.63) is 73.7 Å². The Morgan fingerprint density at radius 3 is 2.69 bits per heavy atom. The van der Waals surface area contributed by atoms with Crippen LogP contribution >= 0.6 is 22.7 Å². The lowest BCUT2D eigenvalue weighted by molar-refractivity contribution is 0.0969. The molecule has 3 aromatic heterocycles. The molecule has 0 bridgehead atoms. The van der Waals surface area contributed by atoms with Gasteiger partial charge in [-0.1, -0.05) is 13.0 Å². The van der Waals surface area contributed by atoms with E-state index in [1.807, 2.05) is 31.4 Å². The van der Waals surface area contributed by atoms with E-state index < -0.39 is 0 Å². The lowest BCUT2D eigenvalue weighted by atomic mass is 10.1. The lowest BCUT2D eigenvalue weighted by Crippen LogP contribution is -2.28. The van der Waals surface area contributed by atoms with Crippen molar-refractivity contribution in [2.24, 2.45) is 0 Å². The highest BCUT2D eigenvalue weighted by molar-refractivity contribution is 7.20. The third-order valence-corrected chi connectivity index (χ3v) is 6.82. The van der Waals surface area contributed by atoms with E-state index in [4.69, 9.17) is 4.98 Å². The van der Waals surface area contributed by atoms with Gasteiger partial charge in [0.1, 0.15) is 16.5 Å². The first-order chi connectivity index (χ1) is 13.9. The van der Waals surface area contributed by atoms with E-state index in [9.17, 15) is 14.0 Å². The summed E-state index contributed by atoms with van der Waals surface area (Å²) in [4.78, 5) is 33.7. The summed E-state index contributed by atoms with van der Waals surface area (Å²) in [6.07, 6.45) is 0.534. The molecule has 0 N–H and O–H groups in total. The molecule has 0 radical (unpaired) electrons. The van der Waals surface area contributed by atoms with Gasteiger partial charge in [-0.25, -0.2) is 9.37 Å². The SMILES string of the molecule is CCc1nc2sc(C)c(-c3cccs3)c2c(=O)n1CC(=O)c1ccc(F)c(C)c1. The van der Waals surface area contributed by atoms with Gasteiger partial charge in [0, 0.05) is 27.3 Å². The molecule has 0 fully saturated rings. The molecule has 29 heavy (non-hydrogen) atoms. The molecule has 4 nitrogen and oxygen atoms in total. The number of hydrogen-bond acceptors (Lipinski definition) is 5. The van der Waals surface area contributed by atoms with Crippen LogP contribution in [0.2, 0.25) is 0 Å². The van der Waals surface area contributed by atoms with E-state index in [2.05, 4.69) is 0 Å². The van der Waals surface area contributed by atoms with Gasteiger partial charge in [0.2, 0.25) is 0 Å². The molecule has 0 aliphatic heterocycles. The molecule has 0 amide bonds. The third-order valence-electron chi connectivity index (χ3n) is 4.93. The molecule has 148 valence electrons. The van der Waals surface area contributed by atoms with E-state index in [1.54, 1.807) is 18.3 Å². The lowest BCUT2D eigenvalue weighted by Gasteiger charge is -2.11. The van der Waals surface area contributed by atoms with Gasteiger partial charge in [-0.05, 0) is 49.1 Å². The minimum atomic E-state index is -0.356. The molecule has 0 unspecified atom stereocenters. The second-order valence-corrected chi connectivity index (χ2v) is 9.00.